The predicted octanol–water partition coefficient (Wildman–Crippen LogP) is 3.53. The van der Waals surface area contributed by atoms with E-state index >= 15 is 0 Å². The summed E-state index contributed by atoms with van der Waals surface area (Å²) >= 11 is 0. The van der Waals surface area contributed by atoms with E-state index in [4.69, 9.17) is 0 Å². The third-order valence-electron chi connectivity index (χ3n) is 4.25. The van der Waals surface area contributed by atoms with Gasteiger partial charge in [0.1, 0.15) is 0 Å². The summed E-state index contributed by atoms with van der Waals surface area (Å²) in [6.45, 7) is 3.50. The van der Waals surface area contributed by atoms with Crippen LogP contribution in [0.4, 0.5) is 18.9 Å². The molecule has 0 aliphatic carbocycles. The molecule has 0 bridgehead atoms. The van der Waals surface area contributed by atoms with Crippen LogP contribution in [0.5, 0.6) is 0 Å². The van der Waals surface area contributed by atoms with Gasteiger partial charge in [0.2, 0.25) is 0 Å². The van der Waals surface area contributed by atoms with Gasteiger partial charge in [-0.05, 0) is 44.9 Å². The number of alkyl halides is 3. The Labute approximate surface area is 118 Å². The van der Waals surface area contributed by atoms with Crippen molar-refractivity contribution < 1.29 is 13.2 Å². The molecular weight excluding hydrogens is 265 g/mol. The number of nitrogens with zero attached hydrogens (tertiary/aromatic N) is 1. The monoisotopic (exact) mass is 286 g/mol. The number of benzene rings is 1. The second-order valence-electron chi connectivity index (χ2n) is 5.42. The highest BCUT2D eigenvalue weighted by Crippen LogP contribution is 2.37. The molecule has 1 N–H and O–H groups in total. The van der Waals surface area contributed by atoms with E-state index in [0.29, 0.717) is 30.7 Å². The minimum Gasteiger partial charge on any atom is -0.371 e. The summed E-state index contributed by atoms with van der Waals surface area (Å²) in [5, 5.41) is 3.23. The van der Waals surface area contributed by atoms with Gasteiger partial charge >= 0.3 is 6.18 Å². The van der Waals surface area contributed by atoms with Crippen molar-refractivity contribution in [3.05, 3.63) is 29.8 Å². The van der Waals surface area contributed by atoms with Crippen LogP contribution in [-0.2, 0) is 6.18 Å². The molecule has 1 fully saturated rings. The van der Waals surface area contributed by atoms with E-state index in [2.05, 4.69) is 12.2 Å². The van der Waals surface area contributed by atoms with Crippen molar-refractivity contribution in [2.75, 3.05) is 25.0 Å². The molecule has 5 heteroatoms. The van der Waals surface area contributed by atoms with Crippen LogP contribution in [-0.4, -0.2) is 26.2 Å². The standard InChI is InChI=1S/C15H21F3N2/c1-11(19-2)12-7-9-20(10-8-12)14-6-4-3-5-13(14)15(16,17)18/h3-6,11-12,19H,7-10H2,1-2H3. The van der Waals surface area contributed by atoms with E-state index < -0.39 is 11.7 Å². The Morgan fingerprint density at radius 1 is 1.20 bits per heavy atom. The lowest BCUT2D eigenvalue weighted by Crippen LogP contribution is -2.41. The summed E-state index contributed by atoms with van der Waals surface area (Å²) in [6, 6.07) is 6.27. The molecule has 0 radical (unpaired) electrons. The maximum atomic E-state index is 13.0. The van der Waals surface area contributed by atoms with E-state index in [1.54, 1.807) is 12.1 Å². The summed E-state index contributed by atoms with van der Waals surface area (Å²) in [4.78, 5) is 1.86. The fraction of sp³-hybridized carbons (Fsp3) is 0.600. The lowest BCUT2D eigenvalue weighted by molar-refractivity contribution is -0.137. The molecule has 1 heterocycles. The minimum atomic E-state index is -4.29. The van der Waals surface area contributed by atoms with Gasteiger partial charge in [0, 0.05) is 24.8 Å². The van der Waals surface area contributed by atoms with Crippen LogP contribution in [0.2, 0.25) is 0 Å². The summed E-state index contributed by atoms with van der Waals surface area (Å²) < 4.78 is 39.1. The fourth-order valence-corrected chi connectivity index (χ4v) is 2.87. The fourth-order valence-electron chi connectivity index (χ4n) is 2.87. The zero-order valence-corrected chi connectivity index (χ0v) is 11.9. The normalized spacial score (nSPS) is 19.1. The molecule has 1 saturated heterocycles. The second kappa shape index (κ2) is 6.04. The Balaban J connectivity index is 2.12. The third-order valence-corrected chi connectivity index (χ3v) is 4.25. The van der Waals surface area contributed by atoms with Gasteiger partial charge in [0.25, 0.3) is 0 Å². The molecule has 2 rings (SSSR count). The molecule has 0 spiro atoms. The summed E-state index contributed by atoms with van der Waals surface area (Å²) in [5.74, 6) is 0.536. The maximum absolute atomic E-state index is 13.0. The summed E-state index contributed by atoms with van der Waals surface area (Å²) in [7, 11) is 1.93. The predicted molar refractivity (Wildman–Crippen MR) is 74.9 cm³/mol. The minimum absolute atomic E-state index is 0.315. The quantitative estimate of drug-likeness (QED) is 0.914. The SMILES string of the molecule is CNC(C)C1CCN(c2ccccc2C(F)(F)F)CC1. The number of hydrogen-bond donors (Lipinski definition) is 1. The van der Waals surface area contributed by atoms with Gasteiger partial charge in [-0.3, -0.25) is 0 Å². The first-order chi connectivity index (χ1) is 9.43. The molecule has 2 nitrogen and oxygen atoms in total. The van der Waals surface area contributed by atoms with Crippen molar-refractivity contribution in [3.8, 4) is 0 Å². The van der Waals surface area contributed by atoms with Crippen LogP contribution in [0, 0.1) is 5.92 Å². The van der Waals surface area contributed by atoms with Crippen molar-refractivity contribution in [1.29, 1.82) is 0 Å². The van der Waals surface area contributed by atoms with Crippen LogP contribution >= 0.6 is 0 Å². The first-order valence-corrected chi connectivity index (χ1v) is 7.02. The van der Waals surface area contributed by atoms with Gasteiger partial charge in [-0.1, -0.05) is 12.1 Å². The van der Waals surface area contributed by atoms with Gasteiger partial charge in [0.15, 0.2) is 0 Å². The van der Waals surface area contributed by atoms with Crippen molar-refractivity contribution in [2.24, 2.45) is 5.92 Å². The van der Waals surface area contributed by atoms with Crippen LogP contribution in [0.25, 0.3) is 0 Å². The van der Waals surface area contributed by atoms with E-state index in [1.807, 2.05) is 11.9 Å². The van der Waals surface area contributed by atoms with Crippen LogP contribution in [0.1, 0.15) is 25.3 Å². The molecule has 1 aromatic carbocycles. The molecule has 1 aliphatic heterocycles. The lowest BCUT2D eigenvalue weighted by atomic mass is 9.90. The molecule has 1 unspecified atom stereocenters. The Kier molecular flexibility index (Phi) is 4.58. The van der Waals surface area contributed by atoms with Crippen molar-refractivity contribution in [3.63, 3.8) is 0 Å². The zero-order chi connectivity index (χ0) is 14.8. The van der Waals surface area contributed by atoms with Crippen LogP contribution in [0.3, 0.4) is 0 Å². The number of hydrogen-bond acceptors (Lipinski definition) is 2. The Hall–Kier alpha value is -1.23. The average Bonchev–Trinajstić information content (AvgIpc) is 2.46. The summed E-state index contributed by atoms with van der Waals surface area (Å²) in [5.41, 5.74) is -0.212. The molecule has 112 valence electrons. The van der Waals surface area contributed by atoms with E-state index in [1.165, 1.54) is 6.07 Å². The van der Waals surface area contributed by atoms with Gasteiger partial charge in [-0.15, -0.1) is 0 Å². The first kappa shape index (κ1) is 15.2. The highest BCUT2D eigenvalue weighted by Gasteiger charge is 2.35. The van der Waals surface area contributed by atoms with Crippen molar-refractivity contribution >= 4 is 5.69 Å². The lowest BCUT2D eigenvalue weighted by Gasteiger charge is -2.37. The average molecular weight is 286 g/mol. The number of piperidine rings is 1. The van der Waals surface area contributed by atoms with Gasteiger partial charge in [0.05, 0.1) is 5.56 Å². The van der Waals surface area contributed by atoms with Crippen molar-refractivity contribution in [2.45, 2.75) is 32.0 Å². The largest absolute Gasteiger partial charge is 0.418 e. The second-order valence-corrected chi connectivity index (χ2v) is 5.42. The zero-order valence-electron chi connectivity index (χ0n) is 11.9. The molecule has 0 saturated carbocycles. The van der Waals surface area contributed by atoms with E-state index in [-0.39, 0.29) is 0 Å². The highest BCUT2D eigenvalue weighted by molar-refractivity contribution is 5.55. The molecule has 1 atom stereocenters. The van der Waals surface area contributed by atoms with Crippen LogP contribution < -0.4 is 10.2 Å². The number of rotatable bonds is 3. The Bertz CT molecular complexity index is 437. The van der Waals surface area contributed by atoms with Gasteiger partial charge in [-0.2, -0.15) is 13.2 Å². The molecule has 1 aliphatic rings. The highest BCUT2D eigenvalue weighted by atomic mass is 19.4. The van der Waals surface area contributed by atoms with E-state index in [9.17, 15) is 13.2 Å². The van der Waals surface area contributed by atoms with E-state index in [0.717, 1.165) is 18.9 Å². The molecule has 0 amide bonds. The molecule has 0 aromatic heterocycles. The molecule has 1 aromatic rings. The smallest absolute Gasteiger partial charge is 0.371 e. The summed E-state index contributed by atoms with van der Waals surface area (Å²) in [6.07, 6.45) is -2.44. The van der Waals surface area contributed by atoms with Gasteiger partial charge < -0.3 is 10.2 Å². The number of halogens is 3. The van der Waals surface area contributed by atoms with Gasteiger partial charge in [-0.25, -0.2) is 0 Å². The van der Waals surface area contributed by atoms with Crippen LogP contribution in [0.15, 0.2) is 24.3 Å². The Morgan fingerprint density at radius 3 is 2.35 bits per heavy atom. The van der Waals surface area contributed by atoms with Crippen molar-refractivity contribution in [1.82, 2.24) is 5.32 Å². The molecule has 20 heavy (non-hydrogen) atoms. The number of nitrogens with one attached hydrogen (secondary N) is 1. The molecular formula is C15H21F3N2. The number of para-hydroxylation sites is 1. The topological polar surface area (TPSA) is 15.3 Å². The maximum Gasteiger partial charge on any atom is 0.418 e. The third kappa shape index (κ3) is 3.26. The number of anilines is 1. The first-order valence-electron chi connectivity index (χ1n) is 7.02. The Morgan fingerprint density at radius 2 is 1.80 bits per heavy atom.